The van der Waals surface area contributed by atoms with Gasteiger partial charge in [0, 0.05) is 24.9 Å². The van der Waals surface area contributed by atoms with Gasteiger partial charge in [-0.1, -0.05) is 0 Å². The molecule has 1 N–H and O–H groups in total. The lowest BCUT2D eigenvalue weighted by Crippen LogP contribution is -2.05. The standard InChI is InChI=1S/C15H14N2O5/c1-16-10-3-5-11(6-4-10)22-12-7-8-14(17(19)20)13(9-12)15(18)21-2/h3-9,16H,1-2H3. The van der Waals surface area contributed by atoms with Gasteiger partial charge in [-0.15, -0.1) is 0 Å². The molecular formula is C15H14N2O5. The van der Waals surface area contributed by atoms with Crippen LogP contribution >= 0.6 is 0 Å². The summed E-state index contributed by atoms with van der Waals surface area (Å²) in [5, 5.41) is 13.9. The number of anilines is 1. The van der Waals surface area contributed by atoms with Crippen molar-refractivity contribution >= 4 is 17.3 Å². The molecule has 0 amide bonds. The van der Waals surface area contributed by atoms with Gasteiger partial charge in [0.15, 0.2) is 0 Å². The van der Waals surface area contributed by atoms with Crippen molar-refractivity contribution in [2.24, 2.45) is 0 Å². The first-order valence-corrected chi connectivity index (χ1v) is 6.37. The number of benzene rings is 2. The minimum atomic E-state index is -0.789. The van der Waals surface area contributed by atoms with Crippen LogP contribution in [-0.2, 0) is 4.74 Å². The molecule has 7 heteroatoms. The molecule has 2 aromatic carbocycles. The van der Waals surface area contributed by atoms with Crippen LogP contribution in [0, 0.1) is 10.1 Å². The van der Waals surface area contributed by atoms with Gasteiger partial charge in [0.1, 0.15) is 17.1 Å². The Morgan fingerprint density at radius 2 is 1.77 bits per heavy atom. The summed E-state index contributed by atoms with van der Waals surface area (Å²) < 4.78 is 10.1. The summed E-state index contributed by atoms with van der Waals surface area (Å²) in [5.74, 6) is 0.0644. The molecule has 0 unspecified atom stereocenters. The Kier molecular flexibility index (Phi) is 4.57. The van der Waals surface area contributed by atoms with Gasteiger partial charge in [-0.3, -0.25) is 10.1 Å². The van der Waals surface area contributed by atoms with Crippen LogP contribution in [0.25, 0.3) is 0 Å². The zero-order chi connectivity index (χ0) is 16.1. The quantitative estimate of drug-likeness (QED) is 0.518. The second kappa shape index (κ2) is 6.57. The maximum absolute atomic E-state index is 11.6. The summed E-state index contributed by atoms with van der Waals surface area (Å²) in [6.45, 7) is 0. The molecule has 0 radical (unpaired) electrons. The SMILES string of the molecule is CNc1ccc(Oc2ccc([N+](=O)[O-])c(C(=O)OC)c2)cc1. The summed E-state index contributed by atoms with van der Waals surface area (Å²) in [7, 11) is 2.96. The minimum absolute atomic E-state index is 0.156. The Morgan fingerprint density at radius 1 is 1.14 bits per heavy atom. The van der Waals surface area contributed by atoms with Crippen molar-refractivity contribution in [1.29, 1.82) is 0 Å². The highest BCUT2D eigenvalue weighted by atomic mass is 16.6. The number of nitrogens with zero attached hydrogens (tertiary/aromatic N) is 1. The van der Waals surface area contributed by atoms with Crippen LogP contribution in [0.1, 0.15) is 10.4 Å². The second-order valence-corrected chi connectivity index (χ2v) is 4.30. The van der Waals surface area contributed by atoms with Gasteiger partial charge in [0.25, 0.3) is 5.69 Å². The van der Waals surface area contributed by atoms with E-state index < -0.39 is 10.9 Å². The molecule has 0 spiro atoms. The number of hydrogen-bond acceptors (Lipinski definition) is 6. The van der Waals surface area contributed by atoms with E-state index in [1.54, 1.807) is 19.2 Å². The van der Waals surface area contributed by atoms with Crippen LogP contribution in [0.5, 0.6) is 11.5 Å². The molecule has 0 bridgehead atoms. The Labute approximate surface area is 126 Å². The second-order valence-electron chi connectivity index (χ2n) is 4.30. The lowest BCUT2D eigenvalue weighted by molar-refractivity contribution is -0.385. The van der Waals surface area contributed by atoms with Gasteiger partial charge in [-0.2, -0.15) is 0 Å². The average Bonchev–Trinajstić information content (AvgIpc) is 2.54. The molecule has 0 saturated heterocycles. The molecule has 0 aliphatic rings. The molecule has 0 heterocycles. The number of nitro benzene ring substituents is 1. The molecule has 2 aromatic rings. The van der Waals surface area contributed by atoms with Crippen molar-refractivity contribution in [1.82, 2.24) is 0 Å². The zero-order valence-electron chi connectivity index (χ0n) is 12.0. The normalized spacial score (nSPS) is 9.91. The van der Waals surface area contributed by atoms with Crippen LogP contribution in [0.2, 0.25) is 0 Å². The summed E-state index contributed by atoms with van der Waals surface area (Å²) in [4.78, 5) is 21.9. The van der Waals surface area contributed by atoms with Gasteiger partial charge in [-0.25, -0.2) is 4.79 Å². The molecule has 2 rings (SSSR count). The Bertz CT molecular complexity index is 698. The van der Waals surface area contributed by atoms with Crippen LogP contribution in [0.4, 0.5) is 11.4 Å². The monoisotopic (exact) mass is 302 g/mol. The lowest BCUT2D eigenvalue weighted by Gasteiger charge is -2.08. The summed E-state index contributed by atoms with van der Waals surface area (Å²) in [6, 6.07) is 11.1. The van der Waals surface area contributed by atoms with E-state index in [0.717, 1.165) is 12.8 Å². The molecule has 0 aliphatic heterocycles. The topological polar surface area (TPSA) is 90.7 Å². The number of carbonyl (C=O) groups is 1. The van der Waals surface area contributed by atoms with E-state index in [-0.39, 0.29) is 11.3 Å². The smallest absolute Gasteiger partial charge is 0.345 e. The van der Waals surface area contributed by atoms with E-state index >= 15 is 0 Å². The number of methoxy groups -OCH3 is 1. The predicted octanol–water partition coefficient (Wildman–Crippen LogP) is 3.22. The molecule has 0 aromatic heterocycles. The molecule has 0 atom stereocenters. The van der Waals surface area contributed by atoms with Gasteiger partial charge < -0.3 is 14.8 Å². The van der Waals surface area contributed by atoms with Crippen molar-refractivity contribution in [3.63, 3.8) is 0 Å². The highest BCUT2D eigenvalue weighted by molar-refractivity contribution is 5.94. The van der Waals surface area contributed by atoms with E-state index in [1.807, 2.05) is 12.1 Å². The number of hydrogen-bond donors (Lipinski definition) is 1. The van der Waals surface area contributed by atoms with E-state index in [0.29, 0.717) is 11.5 Å². The van der Waals surface area contributed by atoms with Crippen molar-refractivity contribution < 1.29 is 19.2 Å². The van der Waals surface area contributed by atoms with Crippen LogP contribution in [0.15, 0.2) is 42.5 Å². The fourth-order valence-electron chi connectivity index (χ4n) is 1.84. The van der Waals surface area contributed by atoms with Crippen LogP contribution in [0.3, 0.4) is 0 Å². The summed E-state index contributed by atoms with van der Waals surface area (Å²) in [6.07, 6.45) is 0. The number of nitro groups is 1. The van der Waals surface area contributed by atoms with Crippen molar-refractivity contribution in [3.05, 3.63) is 58.1 Å². The van der Waals surface area contributed by atoms with Crippen LogP contribution in [-0.4, -0.2) is 25.1 Å². The molecule has 0 fully saturated rings. The van der Waals surface area contributed by atoms with E-state index in [4.69, 9.17) is 4.74 Å². The molecule has 114 valence electrons. The molecular weight excluding hydrogens is 288 g/mol. The zero-order valence-corrected chi connectivity index (χ0v) is 12.0. The van der Waals surface area contributed by atoms with Gasteiger partial charge in [0.05, 0.1) is 12.0 Å². The fraction of sp³-hybridized carbons (Fsp3) is 0.133. The highest BCUT2D eigenvalue weighted by Crippen LogP contribution is 2.28. The maximum atomic E-state index is 11.6. The molecule has 22 heavy (non-hydrogen) atoms. The third kappa shape index (κ3) is 3.32. The van der Waals surface area contributed by atoms with Crippen molar-refractivity contribution in [2.75, 3.05) is 19.5 Å². The summed E-state index contributed by atoms with van der Waals surface area (Å²) >= 11 is 0. The summed E-state index contributed by atoms with van der Waals surface area (Å²) in [5.41, 5.74) is 0.438. The number of rotatable bonds is 5. The first-order valence-electron chi connectivity index (χ1n) is 6.37. The van der Waals surface area contributed by atoms with Crippen molar-refractivity contribution in [2.45, 2.75) is 0 Å². The van der Waals surface area contributed by atoms with Gasteiger partial charge in [0.2, 0.25) is 0 Å². The highest BCUT2D eigenvalue weighted by Gasteiger charge is 2.21. The molecule has 7 nitrogen and oxygen atoms in total. The number of nitrogens with one attached hydrogen (secondary N) is 1. The largest absolute Gasteiger partial charge is 0.465 e. The van der Waals surface area contributed by atoms with Gasteiger partial charge in [-0.05, 0) is 30.3 Å². The van der Waals surface area contributed by atoms with E-state index in [2.05, 4.69) is 10.1 Å². The number of ether oxygens (including phenoxy) is 2. The minimum Gasteiger partial charge on any atom is -0.465 e. The Morgan fingerprint density at radius 3 is 2.32 bits per heavy atom. The van der Waals surface area contributed by atoms with Crippen molar-refractivity contribution in [3.8, 4) is 11.5 Å². The van der Waals surface area contributed by atoms with Gasteiger partial charge >= 0.3 is 5.97 Å². The third-order valence-corrected chi connectivity index (χ3v) is 2.95. The van der Waals surface area contributed by atoms with Crippen LogP contribution < -0.4 is 10.1 Å². The molecule has 0 aliphatic carbocycles. The first-order chi connectivity index (χ1) is 10.5. The number of esters is 1. The van der Waals surface area contributed by atoms with E-state index in [1.165, 1.54) is 18.2 Å². The fourth-order valence-corrected chi connectivity index (χ4v) is 1.84. The lowest BCUT2D eigenvalue weighted by atomic mass is 10.1. The average molecular weight is 302 g/mol. The number of carbonyl (C=O) groups excluding carboxylic acids is 1. The third-order valence-electron chi connectivity index (χ3n) is 2.95. The molecule has 0 saturated carbocycles. The Hall–Kier alpha value is -3.09. The Balaban J connectivity index is 2.31. The van der Waals surface area contributed by atoms with E-state index in [9.17, 15) is 14.9 Å². The maximum Gasteiger partial charge on any atom is 0.345 e. The predicted molar refractivity (Wildman–Crippen MR) is 80.5 cm³/mol. The first kappa shape index (κ1) is 15.3.